The molecule has 0 amide bonds. The van der Waals surface area contributed by atoms with E-state index in [1.807, 2.05) is 0 Å². The molecule has 0 radical (unpaired) electrons. The summed E-state index contributed by atoms with van der Waals surface area (Å²) in [5.41, 5.74) is 3.66. The molecule has 0 spiro atoms. The van der Waals surface area contributed by atoms with E-state index in [-0.39, 0.29) is 5.97 Å². The summed E-state index contributed by atoms with van der Waals surface area (Å²) in [6.07, 6.45) is 9.63. The zero-order valence-electron chi connectivity index (χ0n) is 13.9. The van der Waals surface area contributed by atoms with Gasteiger partial charge in [-0.05, 0) is 43.2 Å². The molecule has 0 aliphatic heterocycles. The Hall–Kier alpha value is -1.57. The molecule has 2 nitrogen and oxygen atoms in total. The number of benzene rings is 1. The van der Waals surface area contributed by atoms with Crippen LogP contribution in [-0.2, 0) is 9.53 Å². The SMILES string of the molecule is CCCC/C(=C\c1ccc(C)cc1)COC(=O)CCC1CC1. The highest BCUT2D eigenvalue weighted by atomic mass is 16.5. The van der Waals surface area contributed by atoms with E-state index >= 15 is 0 Å². The number of rotatable bonds is 9. The second-order valence-electron chi connectivity index (χ2n) is 6.46. The van der Waals surface area contributed by atoms with Gasteiger partial charge in [0.25, 0.3) is 0 Å². The molecule has 0 aromatic heterocycles. The second-order valence-corrected chi connectivity index (χ2v) is 6.46. The fraction of sp³-hybridized carbons (Fsp3) is 0.550. The lowest BCUT2D eigenvalue weighted by atomic mass is 10.0. The fourth-order valence-electron chi connectivity index (χ4n) is 2.46. The number of carbonyl (C=O) groups is 1. The molecule has 0 saturated heterocycles. The van der Waals surface area contributed by atoms with Crippen LogP contribution in [0.3, 0.4) is 0 Å². The first-order valence-electron chi connectivity index (χ1n) is 8.59. The molecule has 1 fully saturated rings. The monoisotopic (exact) mass is 300 g/mol. The molecule has 1 aromatic rings. The van der Waals surface area contributed by atoms with E-state index in [1.54, 1.807) is 0 Å². The van der Waals surface area contributed by atoms with Crippen molar-refractivity contribution in [1.82, 2.24) is 0 Å². The Labute approximate surface area is 134 Å². The number of carbonyl (C=O) groups excluding carboxylic acids is 1. The van der Waals surface area contributed by atoms with Crippen molar-refractivity contribution < 1.29 is 9.53 Å². The summed E-state index contributed by atoms with van der Waals surface area (Å²) < 4.78 is 5.47. The van der Waals surface area contributed by atoms with Crippen LogP contribution in [0.25, 0.3) is 6.08 Å². The maximum Gasteiger partial charge on any atom is 0.306 e. The first-order valence-corrected chi connectivity index (χ1v) is 8.59. The molecule has 2 heteroatoms. The first kappa shape index (κ1) is 16.8. The van der Waals surface area contributed by atoms with Crippen molar-refractivity contribution in [2.24, 2.45) is 5.92 Å². The van der Waals surface area contributed by atoms with Crippen LogP contribution in [0, 0.1) is 12.8 Å². The highest BCUT2D eigenvalue weighted by Gasteiger charge is 2.22. The van der Waals surface area contributed by atoms with E-state index in [2.05, 4.69) is 44.2 Å². The van der Waals surface area contributed by atoms with E-state index in [1.165, 1.54) is 29.5 Å². The maximum atomic E-state index is 11.8. The zero-order valence-corrected chi connectivity index (χ0v) is 13.9. The van der Waals surface area contributed by atoms with Gasteiger partial charge in [-0.3, -0.25) is 4.79 Å². The Kier molecular flexibility index (Phi) is 6.70. The van der Waals surface area contributed by atoms with Crippen LogP contribution in [0.2, 0.25) is 0 Å². The van der Waals surface area contributed by atoms with Gasteiger partial charge >= 0.3 is 5.97 Å². The Morgan fingerprint density at radius 3 is 2.59 bits per heavy atom. The van der Waals surface area contributed by atoms with Crippen molar-refractivity contribution in [3.63, 3.8) is 0 Å². The van der Waals surface area contributed by atoms with Crippen LogP contribution in [0.1, 0.15) is 63.0 Å². The van der Waals surface area contributed by atoms with Crippen molar-refractivity contribution in [3.8, 4) is 0 Å². The van der Waals surface area contributed by atoms with Gasteiger partial charge in [0.2, 0.25) is 0 Å². The predicted octanol–water partition coefficient (Wildman–Crippen LogP) is 5.30. The van der Waals surface area contributed by atoms with E-state index in [0.717, 1.165) is 31.6 Å². The molecule has 2 rings (SSSR count). The summed E-state index contributed by atoms with van der Waals surface area (Å²) in [5.74, 6) is 0.744. The Balaban J connectivity index is 1.86. The normalized spacial score (nSPS) is 14.9. The van der Waals surface area contributed by atoms with Gasteiger partial charge in [0.15, 0.2) is 0 Å². The lowest BCUT2D eigenvalue weighted by Crippen LogP contribution is -2.08. The number of ether oxygens (including phenoxy) is 1. The third-order valence-corrected chi connectivity index (χ3v) is 4.17. The molecule has 0 bridgehead atoms. The Bertz CT molecular complexity index is 495. The Morgan fingerprint density at radius 1 is 1.23 bits per heavy atom. The average molecular weight is 300 g/mol. The van der Waals surface area contributed by atoms with Crippen LogP contribution >= 0.6 is 0 Å². The lowest BCUT2D eigenvalue weighted by Gasteiger charge is -2.09. The lowest BCUT2D eigenvalue weighted by molar-refractivity contribution is -0.142. The van der Waals surface area contributed by atoms with E-state index in [0.29, 0.717) is 13.0 Å². The molecule has 1 aliphatic rings. The predicted molar refractivity (Wildman–Crippen MR) is 91.6 cm³/mol. The van der Waals surface area contributed by atoms with Crippen molar-refractivity contribution >= 4 is 12.0 Å². The molecule has 0 heterocycles. The summed E-state index contributed by atoms with van der Waals surface area (Å²) >= 11 is 0. The standard InChI is InChI=1S/C20H28O2/c1-3-4-5-19(14-18-8-6-16(2)7-9-18)15-22-20(21)13-12-17-10-11-17/h6-9,14,17H,3-5,10-13,15H2,1-2H3/b19-14+. The van der Waals surface area contributed by atoms with Crippen LogP contribution < -0.4 is 0 Å². The van der Waals surface area contributed by atoms with Crippen molar-refractivity contribution in [2.45, 2.75) is 58.8 Å². The minimum atomic E-state index is -0.0433. The van der Waals surface area contributed by atoms with Gasteiger partial charge in [0, 0.05) is 6.42 Å². The highest BCUT2D eigenvalue weighted by Crippen LogP contribution is 2.33. The number of hydrogen-bond donors (Lipinski definition) is 0. The summed E-state index contributed by atoms with van der Waals surface area (Å²) in [6, 6.07) is 8.47. The quantitative estimate of drug-likeness (QED) is 0.578. The van der Waals surface area contributed by atoms with Crippen molar-refractivity contribution in [2.75, 3.05) is 6.61 Å². The minimum Gasteiger partial charge on any atom is -0.461 e. The molecule has 1 aromatic carbocycles. The van der Waals surface area contributed by atoms with Gasteiger partial charge in [-0.15, -0.1) is 0 Å². The molecule has 0 N–H and O–H groups in total. The topological polar surface area (TPSA) is 26.3 Å². The average Bonchev–Trinajstić information content (AvgIpc) is 3.34. The van der Waals surface area contributed by atoms with Crippen LogP contribution in [0.15, 0.2) is 29.8 Å². The van der Waals surface area contributed by atoms with Gasteiger partial charge < -0.3 is 4.74 Å². The highest BCUT2D eigenvalue weighted by molar-refractivity contribution is 5.69. The fourth-order valence-corrected chi connectivity index (χ4v) is 2.46. The van der Waals surface area contributed by atoms with Crippen LogP contribution in [0.4, 0.5) is 0 Å². The largest absolute Gasteiger partial charge is 0.461 e. The number of hydrogen-bond acceptors (Lipinski definition) is 2. The van der Waals surface area contributed by atoms with Gasteiger partial charge in [-0.1, -0.05) is 62.1 Å². The summed E-state index contributed by atoms with van der Waals surface area (Å²) in [7, 11) is 0. The third-order valence-electron chi connectivity index (χ3n) is 4.17. The molecule has 120 valence electrons. The molecule has 1 saturated carbocycles. The molecule has 0 atom stereocenters. The Morgan fingerprint density at radius 2 is 1.95 bits per heavy atom. The number of aryl methyl sites for hydroxylation is 1. The van der Waals surface area contributed by atoms with Gasteiger partial charge in [0.05, 0.1) is 0 Å². The molecule has 22 heavy (non-hydrogen) atoms. The summed E-state index contributed by atoms with van der Waals surface area (Å²) in [6.45, 7) is 4.72. The molecular weight excluding hydrogens is 272 g/mol. The minimum absolute atomic E-state index is 0.0433. The van der Waals surface area contributed by atoms with Crippen LogP contribution in [0.5, 0.6) is 0 Å². The number of esters is 1. The number of unbranched alkanes of at least 4 members (excludes halogenated alkanes) is 1. The van der Waals surface area contributed by atoms with E-state index in [9.17, 15) is 4.79 Å². The van der Waals surface area contributed by atoms with Crippen molar-refractivity contribution in [3.05, 3.63) is 41.0 Å². The molecule has 1 aliphatic carbocycles. The van der Waals surface area contributed by atoms with Crippen LogP contribution in [-0.4, -0.2) is 12.6 Å². The zero-order chi connectivity index (χ0) is 15.8. The van der Waals surface area contributed by atoms with Gasteiger partial charge in [-0.25, -0.2) is 0 Å². The van der Waals surface area contributed by atoms with Gasteiger partial charge in [0.1, 0.15) is 6.61 Å². The molecular formula is C20H28O2. The van der Waals surface area contributed by atoms with Gasteiger partial charge in [-0.2, -0.15) is 0 Å². The molecule has 0 unspecified atom stereocenters. The summed E-state index contributed by atoms with van der Waals surface area (Å²) in [4.78, 5) is 11.8. The van der Waals surface area contributed by atoms with E-state index < -0.39 is 0 Å². The second kappa shape index (κ2) is 8.77. The third kappa shape index (κ3) is 6.46. The van der Waals surface area contributed by atoms with E-state index in [4.69, 9.17) is 4.74 Å². The maximum absolute atomic E-state index is 11.8. The summed E-state index contributed by atoms with van der Waals surface area (Å²) in [5, 5.41) is 0. The van der Waals surface area contributed by atoms with Crippen molar-refractivity contribution in [1.29, 1.82) is 0 Å². The smallest absolute Gasteiger partial charge is 0.306 e. The first-order chi connectivity index (χ1) is 10.7.